The summed E-state index contributed by atoms with van der Waals surface area (Å²) in [5.41, 5.74) is -0.0878. The average molecular weight is 249 g/mol. The Morgan fingerprint density at radius 3 is 2.67 bits per heavy atom. The van der Waals surface area contributed by atoms with Gasteiger partial charge in [0, 0.05) is 6.42 Å². The highest BCUT2D eigenvalue weighted by molar-refractivity contribution is 5.93. The summed E-state index contributed by atoms with van der Waals surface area (Å²) < 4.78 is 5.00. The van der Waals surface area contributed by atoms with Gasteiger partial charge in [0.1, 0.15) is 17.4 Å². The van der Waals surface area contributed by atoms with Crippen molar-refractivity contribution in [3.63, 3.8) is 0 Å². The second kappa shape index (κ2) is 4.87. The molecule has 1 heterocycles. The molecule has 2 N–H and O–H groups in total. The van der Waals surface area contributed by atoms with E-state index in [1.54, 1.807) is 6.07 Å². The largest absolute Gasteiger partial charge is 0.478 e. The molecule has 0 bridgehead atoms. The summed E-state index contributed by atoms with van der Waals surface area (Å²) in [5, 5.41) is 11.4. The van der Waals surface area contributed by atoms with Crippen LogP contribution in [0.15, 0.2) is 24.3 Å². The zero-order valence-corrected chi connectivity index (χ0v) is 9.38. The molecule has 1 saturated heterocycles. The Bertz CT molecular complexity index is 511. The minimum atomic E-state index is -1.17. The predicted octanol–water partition coefficient (Wildman–Crippen LogP) is 0.569. The van der Waals surface area contributed by atoms with Crippen LogP contribution in [0.25, 0.3) is 0 Å². The molecular formula is C12H11NO5. The monoisotopic (exact) mass is 249 g/mol. The van der Waals surface area contributed by atoms with Gasteiger partial charge in [0.2, 0.25) is 5.91 Å². The highest BCUT2D eigenvalue weighted by Crippen LogP contribution is 2.19. The molecule has 1 aromatic rings. The third-order valence-corrected chi connectivity index (χ3v) is 2.61. The van der Waals surface area contributed by atoms with E-state index in [4.69, 9.17) is 9.84 Å². The van der Waals surface area contributed by atoms with Crippen LogP contribution in [0.3, 0.4) is 0 Å². The van der Waals surface area contributed by atoms with Gasteiger partial charge in [-0.3, -0.25) is 4.79 Å². The van der Waals surface area contributed by atoms with Gasteiger partial charge in [-0.1, -0.05) is 12.1 Å². The number of hydrogen-bond acceptors (Lipinski definition) is 4. The van der Waals surface area contributed by atoms with E-state index in [1.807, 2.05) is 0 Å². The number of rotatable bonds is 3. The van der Waals surface area contributed by atoms with Crippen molar-refractivity contribution in [2.75, 3.05) is 0 Å². The number of amides is 1. The minimum Gasteiger partial charge on any atom is -0.478 e. The van der Waals surface area contributed by atoms with Crippen molar-refractivity contribution >= 4 is 17.8 Å². The van der Waals surface area contributed by atoms with Gasteiger partial charge < -0.3 is 15.2 Å². The lowest BCUT2D eigenvalue weighted by atomic mass is 10.2. The molecule has 94 valence electrons. The summed E-state index contributed by atoms with van der Waals surface area (Å²) >= 11 is 0. The van der Waals surface area contributed by atoms with E-state index in [-0.39, 0.29) is 23.6 Å². The smallest absolute Gasteiger partial charge is 0.339 e. The first-order valence-corrected chi connectivity index (χ1v) is 5.41. The van der Waals surface area contributed by atoms with Crippen LogP contribution in [-0.2, 0) is 9.59 Å². The molecule has 1 amide bonds. The van der Waals surface area contributed by atoms with Crippen LogP contribution in [0, 0.1) is 0 Å². The molecule has 1 aromatic carbocycles. The normalized spacial score (nSPS) is 18.2. The van der Waals surface area contributed by atoms with E-state index in [2.05, 4.69) is 5.32 Å². The number of carbonyl (C=O) groups excluding carboxylic acids is 2. The first-order chi connectivity index (χ1) is 8.58. The van der Waals surface area contributed by atoms with Crippen LogP contribution in [0.4, 0.5) is 0 Å². The Morgan fingerprint density at radius 1 is 1.33 bits per heavy atom. The number of nitrogens with one attached hydrogen (secondary N) is 1. The van der Waals surface area contributed by atoms with Gasteiger partial charge in [-0.25, -0.2) is 9.59 Å². The van der Waals surface area contributed by atoms with Crippen LogP contribution in [0.2, 0.25) is 0 Å². The zero-order valence-electron chi connectivity index (χ0n) is 9.38. The van der Waals surface area contributed by atoms with Crippen molar-refractivity contribution in [1.29, 1.82) is 0 Å². The quantitative estimate of drug-likeness (QED) is 0.603. The standard InChI is InChI=1S/C12H11NO5/c14-10-6-5-8(13-10)12(17)18-9-4-2-1-3-7(9)11(15)16/h1-4,8H,5-6H2,(H,13,14)(H,15,16). The topological polar surface area (TPSA) is 92.7 Å². The van der Waals surface area contributed by atoms with E-state index < -0.39 is 18.0 Å². The van der Waals surface area contributed by atoms with E-state index >= 15 is 0 Å². The van der Waals surface area contributed by atoms with Gasteiger partial charge in [-0.2, -0.15) is 0 Å². The van der Waals surface area contributed by atoms with Gasteiger partial charge in [0.25, 0.3) is 0 Å². The molecule has 6 heteroatoms. The summed E-state index contributed by atoms with van der Waals surface area (Å²) in [6, 6.07) is 5.16. The van der Waals surface area contributed by atoms with Crippen molar-refractivity contribution in [2.45, 2.75) is 18.9 Å². The maximum absolute atomic E-state index is 11.7. The lowest BCUT2D eigenvalue weighted by Gasteiger charge is -2.11. The maximum Gasteiger partial charge on any atom is 0.339 e. The second-order valence-corrected chi connectivity index (χ2v) is 3.88. The van der Waals surface area contributed by atoms with Gasteiger partial charge in [-0.15, -0.1) is 0 Å². The first kappa shape index (κ1) is 12.1. The van der Waals surface area contributed by atoms with E-state index in [1.165, 1.54) is 18.2 Å². The summed E-state index contributed by atoms with van der Waals surface area (Å²) in [6.07, 6.45) is 0.646. The van der Waals surface area contributed by atoms with Crippen molar-refractivity contribution in [2.24, 2.45) is 0 Å². The van der Waals surface area contributed by atoms with Crippen molar-refractivity contribution in [3.05, 3.63) is 29.8 Å². The Kier molecular flexibility index (Phi) is 3.27. The predicted molar refractivity (Wildman–Crippen MR) is 60.2 cm³/mol. The number of aromatic carboxylic acids is 1. The van der Waals surface area contributed by atoms with Crippen molar-refractivity contribution in [1.82, 2.24) is 5.32 Å². The highest BCUT2D eigenvalue weighted by atomic mass is 16.5. The van der Waals surface area contributed by atoms with E-state index in [0.29, 0.717) is 6.42 Å². The zero-order chi connectivity index (χ0) is 13.1. The third-order valence-electron chi connectivity index (χ3n) is 2.61. The average Bonchev–Trinajstić information content (AvgIpc) is 2.76. The molecule has 0 aromatic heterocycles. The number of carboxylic acid groups (broad SMARTS) is 1. The number of ether oxygens (including phenoxy) is 1. The molecule has 0 saturated carbocycles. The molecule has 18 heavy (non-hydrogen) atoms. The molecule has 1 fully saturated rings. The molecule has 1 aliphatic rings. The number of carboxylic acids is 1. The van der Waals surface area contributed by atoms with Crippen LogP contribution in [-0.4, -0.2) is 29.0 Å². The van der Waals surface area contributed by atoms with E-state index in [0.717, 1.165) is 0 Å². The summed E-state index contributed by atoms with van der Waals surface area (Å²) in [4.78, 5) is 33.6. The Morgan fingerprint density at radius 2 is 2.06 bits per heavy atom. The molecule has 6 nitrogen and oxygen atoms in total. The summed E-state index contributed by atoms with van der Waals surface area (Å²) in [5.74, 6) is -2.04. The Hall–Kier alpha value is -2.37. The fourth-order valence-corrected chi connectivity index (χ4v) is 1.70. The molecule has 0 aliphatic carbocycles. The molecule has 2 rings (SSSR count). The SMILES string of the molecule is O=C1CCC(C(=O)Oc2ccccc2C(=O)O)N1. The summed E-state index contributed by atoms with van der Waals surface area (Å²) in [7, 11) is 0. The molecule has 1 atom stereocenters. The van der Waals surface area contributed by atoms with E-state index in [9.17, 15) is 14.4 Å². The summed E-state index contributed by atoms with van der Waals surface area (Å²) in [6.45, 7) is 0. The Labute approximate surface area is 103 Å². The fraction of sp³-hybridized carbons (Fsp3) is 0.250. The van der Waals surface area contributed by atoms with Crippen LogP contribution in [0.1, 0.15) is 23.2 Å². The molecule has 0 spiro atoms. The minimum absolute atomic E-state index is 0.0175. The molecule has 1 aliphatic heterocycles. The van der Waals surface area contributed by atoms with Crippen molar-refractivity contribution < 1.29 is 24.2 Å². The maximum atomic E-state index is 11.7. The highest BCUT2D eigenvalue weighted by Gasteiger charge is 2.29. The third kappa shape index (κ3) is 2.48. The first-order valence-electron chi connectivity index (χ1n) is 5.41. The number of para-hydroxylation sites is 1. The van der Waals surface area contributed by atoms with Crippen LogP contribution in [0.5, 0.6) is 5.75 Å². The fourth-order valence-electron chi connectivity index (χ4n) is 1.70. The number of carbonyl (C=O) groups is 3. The Balaban J connectivity index is 2.12. The van der Waals surface area contributed by atoms with Crippen molar-refractivity contribution in [3.8, 4) is 5.75 Å². The molecule has 1 unspecified atom stereocenters. The number of hydrogen-bond donors (Lipinski definition) is 2. The van der Waals surface area contributed by atoms with Gasteiger partial charge in [0.05, 0.1) is 0 Å². The lowest BCUT2D eigenvalue weighted by Crippen LogP contribution is -2.36. The van der Waals surface area contributed by atoms with Gasteiger partial charge in [0.15, 0.2) is 0 Å². The van der Waals surface area contributed by atoms with Crippen LogP contribution < -0.4 is 10.1 Å². The molecular weight excluding hydrogens is 238 g/mol. The number of esters is 1. The van der Waals surface area contributed by atoms with Gasteiger partial charge >= 0.3 is 11.9 Å². The lowest BCUT2D eigenvalue weighted by molar-refractivity contribution is -0.137. The number of benzene rings is 1. The second-order valence-electron chi connectivity index (χ2n) is 3.88. The van der Waals surface area contributed by atoms with Gasteiger partial charge in [-0.05, 0) is 18.6 Å². The molecule has 0 radical (unpaired) electrons. The van der Waals surface area contributed by atoms with Crippen LogP contribution >= 0.6 is 0 Å².